The summed E-state index contributed by atoms with van der Waals surface area (Å²) in [5, 5.41) is 19.7. The van der Waals surface area contributed by atoms with Crippen molar-refractivity contribution < 1.29 is 44.7 Å². The van der Waals surface area contributed by atoms with E-state index in [1.807, 2.05) is 6.92 Å². The molecule has 47 heavy (non-hydrogen) atoms. The summed E-state index contributed by atoms with van der Waals surface area (Å²) >= 11 is 0. The lowest BCUT2D eigenvalue weighted by atomic mass is 10.00. The molecule has 0 radical (unpaired) electrons. The van der Waals surface area contributed by atoms with Gasteiger partial charge < -0.3 is 21.1 Å². The number of nitrogens with zero attached hydrogens (tertiary/aromatic N) is 1. The highest BCUT2D eigenvalue weighted by Gasteiger charge is 2.37. The first-order valence-corrected chi connectivity index (χ1v) is 16.1. The predicted octanol–water partition coefficient (Wildman–Crippen LogP) is 5.61. The van der Waals surface area contributed by atoms with Crippen molar-refractivity contribution in [3.05, 3.63) is 94.5 Å². The SMILES string of the molecule is CCNc1cc(C(=O)N[C@@H](Cc2ccccc2)[C@H](O)CNCc2cc(C(F)(F)F)cc(C(F)(F)F)c2)cc(N2CCCS2(=O)=O)c1.Cl. The van der Waals surface area contributed by atoms with Gasteiger partial charge in [0.05, 0.1) is 34.7 Å². The first-order valence-electron chi connectivity index (χ1n) is 14.5. The molecule has 1 saturated heterocycles. The number of hydrogen-bond donors (Lipinski definition) is 4. The lowest BCUT2D eigenvalue weighted by Crippen LogP contribution is -2.48. The molecule has 0 aliphatic carbocycles. The summed E-state index contributed by atoms with van der Waals surface area (Å²) in [5.74, 6) is -0.638. The number of aliphatic hydroxyl groups excluding tert-OH is 1. The van der Waals surface area contributed by atoms with Gasteiger partial charge in [-0.1, -0.05) is 30.3 Å². The monoisotopic (exact) mass is 708 g/mol. The van der Waals surface area contributed by atoms with Crippen LogP contribution in [0.15, 0.2) is 66.7 Å². The van der Waals surface area contributed by atoms with Gasteiger partial charge in [-0.2, -0.15) is 26.3 Å². The van der Waals surface area contributed by atoms with Gasteiger partial charge in [-0.05, 0) is 67.3 Å². The highest BCUT2D eigenvalue weighted by Crippen LogP contribution is 2.36. The van der Waals surface area contributed by atoms with Gasteiger partial charge >= 0.3 is 12.4 Å². The van der Waals surface area contributed by atoms with E-state index in [-0.39, 0.29) is 54.9 Å². The topological polar surface area (TPSA) is 111 Å². The van der Waals surface area contributed by atoms with Crippen molar-refractivity contribution in [2.24, 2.45) is 0 Å². The van der Waals surface area contributed by atoms with E-state index in [2.05, 4.69) is 16.0 Å². The van der Waals surface area contributed by atoms with Crippen molar-refractivity contribution in [1.82, 2.24) is 10.6 Å². The van der Waals surface area contributed by atoms with Crippen molar-refractivity contribution >= 4 is 39.7 Å². The average molecular weight is 709 g/mol. The zero-order valence-corrected chi connectivity index (χ0v) is 26.8. The number of nitrogens with one attached hydrogen (secondary N) is 3. The summed E-state index contributed by atoms with van der Waals surface area (Å²) in [6, 6.07) is 13.7. The molecule has 2 atom stereocenters. The van der Waals surface area contributed by atoms with Gasteiger partial charge in [-0.3, -0.25) is 9.10 Å². The number of sulfonamides is 1. The predicted molar refractivity (Wildman–Crippen MR) is 169 cm³/mol. The number of anilines is 2. The first kappa shape index (κ1) is 37.9. The molecule has 16 heteroatoms. The van der Waals surface area contributed by atoms with Crippen LogP contribution in [0.3, 0.4) is 0 Å². The highest BCUT2D eigenvalue weighted by atomic mass is 35.5. The quantitative estimate of drug-likeness (QED) is 0.182. The Labute approximate surface area is 275 Å². The summed E-state index contributed by atoms with van der Waals surface area (Å²) < 4.78 is 106. The Bertz CT molecular complexity index is 1590. The molecule has 0 aromatic heterocycles. The third kappa shape index (κ3) is 10.2. The number of rotatable bonds is 12. The molecule has 1 amide bonds. The van der Waals surface area contributed by atoms with E-state index in [4.69, 9.17) is 0 Å². The van der Waals surface area contributed by atoms with E-state index in [0.29, 0.717) is 36.5 Å². The molecule has 0 unspecified atom stereocenters. The van der Waals surface area contributed by atoms with Crippen molar-refractivity contribution in [3.8, 4) is 0 Å². The highest BCUT2D eigenvalue weighted by molar-refractivity contribution is 7.93. The van der Waals surface area contributed by atoms with Crippen LogP contribution in [-0.2, 0) is 35.3 Å². The Balaban J connectivity index is 0.00000600. The Hall–Kier alpha value is -3.53. The number of halogens is 7. The van der Waals surface area contributed by atoms with Crippen molar-refractivity contribution in [3.63, 3.8) is 0 Å². The van der Waals surface area contributed by atoms with E-state index in [0.717, 1.165) is 5.56 Å². The normalized spacial score (nSPS) is 15.9. The van der Waals surface area contributed by atoms with E-state index in [1.165, 1.54) is 10.4 Å². The molecule has 4 N–H and O–H groups in total. The molecule has 8 nitrogen and oxygen atoms in total. The molecule has 1 aliphatic heterocycles. The summed E-state index contributed by atoms with van der Waals surface area (Å²) in [6.45, 7) is 1.88. The second-order valence-electron chi connectivity index (χ2n) is 10.9. The van der Waals surface area contributed by atoms with Gasteiger partial charge in [0.1, 0.15) is 0 Å². The molecule has 1 fully saturated rings. The maximum absolute atomic E-state index is 13.5. The number of alkyl halides is 6. The smallest absolute Gasteiger partial charge is 0.390 e. The minimum Gasteiger partial charge on any atom is -0.390 e. The number of carbonyl (C=O) groups is 1. The van der Waals surface area contributed by atoms with Gasteiger partial charge in [0, 0.05) is 37.4 Å². The minimum absolute atomic E-state index is 0. The van der Waals surface area contributed by atoms with Crippen LogP contribution in [-0.4, -0.2) is 57.0 Å². The van der Waals surface area contributed by atoms with E-state index in [1.54, 1.807) is 42.5 Å². The Morgan fingerprint density at radius 3 is 2.13 bits per heavy atom. The number of benzene rings is 3. The summed E-state index contributed by atoms with van der Waals surface area (Å²) in [4.78, 5) is 13.5. The third-order valence-electron chi connectivity index (χ3n) is 7.36. The van der Waals surface area contributed by atoms with Crippen LogP contribution < -0.4 is 20.3 Å². The van der Waals surface area contributed by atoms with Crippen LogP contribution in [0.2, 0.25) is 0 Å². The molecule has 0 saturated carbocycles. The van der Waals surface area contributed by atoms with Gasteiger partial charge in [-0.15, -0.1) is 12.4 Å². The first-order chi connectivity index (χ1) is 21.6. The van der Waals surface area contributed by atoms with Crippen LogP contribution in [0.5, 0.6) is 0 Å². The fourth-order valence-corrected chi connectivity index (χ4v) is 6.70. The molecular formula is C31H35ClF6N4O4S. The Kier molecular flexibility index (Phi) is 12.6. The molecule has 4 rings (SSSR count). The van der Waals surface area contributed by atoms with Crippen molar-refractivity contribution in [2.75, 3.05) is 35.0 Å². The fourth-order valence-electron chi connectivity index (χ4n) is 5.15. The molecule has 1 aliphatic rings. The zero-order valence-electron chi connectivity index (χ0n) is 25.2. The molecule has 0 spiro atoms. The standard InChI is InChI=1S/C31H34F6N4O4S.ClH/c1-2-39-25-14-22(15-26(17-25)41-9-6-10-46(41,44)45)29(43)40-27(13-20-7-4-3-5-8-20)28(42)19-38-18-21-11-23(30(32,33)34)16-24(12-21)31(35,36)37;/h3-5,7-8,11-12,14-17,27-28,38-39,42H,2,6,9-10,13,18-19H2,1H3,(H,40,43);1H/t27-,28+;/m0./s1. The molecule has 3 aromatic carbocycles. The molecule has 3 aromatic rings. The second kappa shape index (κ2) is 15.6. The van der Waals surface area contributed by atoms with E-state index in [9.17, 15) is 44.7 Å². The Morgan fingerprint density at radius 2 is 1.57 bits per heavy atom. The van der Waals surface area contributed by atoms with E-state index < -0.39 is 58.1 Å². The van der Waals surface area contributed by atoms with Crippen LogP contribution in [0.25, 0.3) is 0 Å². The van der Waals surface area contributed by atoms with Gasteiger partial charge in [-0.25, -0.2) is 8.42 Å². The summed E-state index contributed by atoms with van der Waals surface area (Å²) in [7, 11) is -3.55. The molecular weight excluding hydrogens is 674 g/mol. The summed E-state index contributed by atoms with van der Waals surface area (Å²) in [6.07, 6.45) is -10.7. The van der Waals surface area contributed by atoms with Gasteiger partial charge in [0.15, 0.2) is 0 Å². The zero-order chi connectivity index (χ0) is 33.7. The maximum atomic E-state index is 13.5. The Morgan fingerprint density at radius 1 is 0.936 bits per heavy atom. The van der Waals surface area contributed by atoms with Crippen molar-refractivity contribution in [2.45, 2.75) is 50.8 Å². The van der Waals surface area contributed by atoms with Crippen LogP contribution in [0.4, 0.5) is 37.7 Å². The minimum atomic E-state index is -5.00. The van der Waals surface area contributed by atoms with Gasteiger partial charge in [0.25, 0.3) is 5.91 Å². The average Bonchev–Trinajstić information content (AvgIpc) is 3.35. The van der Waals surface area contributed by atoms with E-state index >= 15 is 0 Å². The number of amides is 1. The molecule has 1 heterocycles. The summed E-state index contributed by atoms with van der Waals surface area (Å²) in [5.41, 5.74) is -1.51. The number of carbonyl (C=O) groups excluding carboxylic acids is 1. The van der Waals surface area contributed by atoms with Crippen LogP contribution in [0, 0.1) is 0 Å². The second-order valence-corrected chi connectivity index (χ2v) is 12.9. The largest absolute Gasteiger partial charge is 0.416 e. The fraction of sp³-hybridized carbons (Fsp3) is 0.387. The van der Waals surface area contributed by atoms with Crippen LogP contribution >= 0.6 is 12.4 Å². The maximum Gasteiger partial charge on any atom is 0.416 e. The lowest BCUT2D eigenvalue weighted by molar-refractivity contribution is -0.143. The molecule has 0 bridgehead atoms. The third-order valence-corrected chi connectivity index (χ3v) is 9.23. The number of aliphatic hydroxyl groups is 1. The lowest BCUT2D eigenvalue weighted by Gasteiger charge is -2.26. The van der Waals surface area contributed by atoms with Crippen molar-refractivity contribution in [1.29, 1.82) is 0 Å². The van der Waals surface area contributed by atoms with Gasteiger partial charge in [0.2, 0.25) is 10.0 Å². The number of hydrogen-bond acceptors (Lipinski definition) is 6. The van der Waals surface area contributed by atoms with Crippen LogP contribution in [0.1, 0.15) is 46.0 Å². The molecule has 258 valence electrons.